The van der Waals surface area contributed by atoms with Crippen molar-refractivity contribution in [3.8, 4) is 5.75 Å². The molecular formula is C38H49N5O6S2. The zero-order chi connectivity index (χ0) is 37.0. The van der Waals surface area contributed by atoms with E-state index in [1.165, 1.54) is 36.4 Å². The van der Waals surface area contributed by atoms with Gasteiger partial charge >= 0.3 is 0 Å². The van der Waals surface area contributed by atoms with Crippen LogP contribution in [0.3, 0.4) is 0 Å². The zero-order valence-electron chi connectivity index (χ0n) is 29.9. The van der Waals surface area contributed by atoms with Crippen molar-refractivity contribution in [2.45, 2.75) is 56.7 Å². The van der Waals surface area contributed by atoms with Gasteiger partial charge in [-0.3, -0.25) is 4.79 Å². The highest BCUT2D eigenvalue weighted by atomic mass is 32.2. The molecule has 4 rings (SSSR count). The normalized spacial score (nSPS) is 12.4. The van der Waals surface area contributed by atoms with Crippen molar-refractivity contribution in [1.82, 2.24) is 14.5 Å². The molecule has 0 aliphatic carbocycles. The highest BCUT2D eigenvalue weighted by Gasteiger charge is 2.20. The largest absolute Gasteiger partial charge is 0.505 e. The highest BCUT2D eigenvalue weighted by molar-refractivity contribution is 7.91. The first-order valence-electron chi connectivity index (χ1n) is 17.5. The molecule has 0 aliphatic heterocycles. The van der Waals surface area contributed by atoms with Crippen LogP contribution in [0, 0.1) is 0 Å². The average Bonchev–Trinajstić information content (AvgIpc) is 3.13. The Morgan fingerprint density at radius 3 is 2.00 bits per heavy atom. The molecule has 51 heavy (non-hydrogen) atoms. The minimum Gasteiger partial charge on any atom is -0.505 e. The maximum atomic E-state index is 13.5. The Labute approximate surface area is 302 Å². The van der Waals surface area contributed by atoms with Crippen LogP contribution in [0.2, 0.25) is 0 Å². The monoisotopic (exact) mass is 735 g/mol. The Morgan fingerprint density at radius 2 is 1.35 bits per heavy atom. The molecule has 0 unspecified atom stereocenters. The summed E-state index contributed by atoms with van der Waals surface area (Å²) >= 11 is 0. The van der Waals surface area contributed by atoms with Gasteiger partial charge in [-0.05, 0) is 99.0 Å². The van der Waals surface area contributed by atoms with E-state index in [9.17, 15) is 26.7 Å². The molecule has 0 amide bonds. The number of fused-ring (bicyclic) bond motifs is 1. The second-order valence-electron chi connectivity index (χ2n) is 12.3. The van der Waals surface area contributed by atoms with E-state index in [2.05, 4.69) is 38.6 Å². The van der Waals surface area contributed by atoms with E-state index in [4.69, 9.17) is 0 Å². The summed E-state index contributed by atoms with van der Waals surface area (Å²) in [6, 6.07) is 21.0. The predicted molar refractivity (Wildman–Crippen MR) is 203 cm³/mol. The Hall–Kier alpha value is -4.01. The fourth-order valence-electron chi connectivity index (χ4n) is 5.77. The van der Waals surface area contributed by atoms with Gasteiger partial charge in [-0.25, -0.2) is 21.6 Å². The second kappa shape index (κ2) is 18.5. The van der Waals surface area contributed by atoms with E-state index < -0.39 is 19.9 Å². The van der Waals surface area contributed by atoms with Gasteiger partial charge in [0.25, 0.3) is 0 Å². The van der Waals surface area contributed by atoms with Crippen LogP contribution in [0.4, 0.5) is 11.4 Å². The molecule has 0 atom stereocenters. The number of hydrogen-bond donors (Lipinski definition) is 2. The molecule has 0 bridgehead atoms. The summed E-state index contributed by atoms with van der Waals surface area (Å²) in [5.41, 5.74) is 1.13. The lowest BCUT2D eigenvalue weighted by Crippen LogP contribution is -2.34. The molecule has 0 radical (unpaired) electrons. The number of benzene rings is 4. The van der Waals surface area contributed by atoms with Gasteiger partial charge in [-0.1, -0.05) is 64.1 Å². The molecule has 0 spiro atoms. The van der Waals surface area contributed by atoms with Gasteiger partial charge in [0.1, 0.15) is 5.69 Å². The topological polar surface area (TPSA) is 149 Å². The summed E-state index contributed by atoms with van der Waals surface area (Å²) in [7, 11) is -7.16. The fraction of sp³-hybridized carbons (Fsp3) is 0.395. The first-order valence-corrected chi connectivity index (χ1v) is 20.6. The number of Topliss-reactive ketones (excluding diaryl/α,β-unsaturated/α-hetero) is 1. The van der Waals surface area contributed by atoms with Crippen LogP contribution in [0.15, 0.2) is 98.9 Å². The van der Waals surface area contributed by atoms with Gasteiger partial charge in [0.15, 0.2) is 21.4 Å². The SMILES string of the molecule is CCN(CC)CCCCS(=O)(=O)c1ccc(CC(=O)c2cc3ccccc3c(N=Nc3ccc(S(=O)(=O)NCCN(CC)CC)cc3)c2O)cc1. The number of phenols is 1. The van der Waals surface area contributed by atoms with E-state index >= 15 is 0 Å². The number of azo groups is 1. The summed E-state index contributed by atoms with van der Waals surface area (Å²) in [4.78, 5) is 18.2. The maximum Gasteiger partial charge on any atom is 0.240 e. The van der Waals surface area contributed by atoms with Crippen LogP contribution in [-0.2, 0) is 26.3 Å². The van der Waals surface area contributed by atoms with Gasteiger partial charge in [0, 0.05) is 24.9 Å². The Balaban J connectivity index is 1.47. The quantitative estimate of drug-likeness (QED) is 0.0566. The number of likely N-dealkylation sites (N-methyl/N-ethyl adjacent to an activating group) is 1. The lowest BCUT2D eigenvalue weighted by molar-refractivity contribution is 0.0990. The average molecular weight is 736 g/mol. The molecule has 11 nitrogen and oxygen atoms in total. The number of nitrogens with one attached hydrogen (secondary N) is 1. The molecule has 0 saturated heterocycles. The molecule has 0 saturated carbocycles. The third kappa shape index (κ3) is 10.7. The molecular weight excluding hydrogens is 687 g/mol. The third-order valence-corrected chi connectivity index (χ3v) is 12.3. The number of nitrogens with zero attached hydrogens (tertiary/aromatic N) is 4. The standard InChI is InChI=1S/C38H49N5O6S2/c1-5-42(6-2)24-11-12-26-50(46,47)32-19-15-29(16-20-32)27-36(44)35-28-30-13-9-10-14-34(30)37(38(35)45)41-40-31-17-21-33(22-18-31)51(48,49)39-23-25-43(7-3)8-4/h9-10,13-22,28,39,45H,5-8,11-12,23-27H2,1-4H3. The van der Waals surface area contributed by atoms with E-state index in [0.717, 1.165) is 39.1 Å². The van der Waals surface area contributed by atoms with Gasteiger partial charge < -0.3 is 14.9 Å². The van der Waals surface area contributed by atoms with Crippen LogP contribution >= 0.6 is 0 Å². The molecule has 4 aromatic rings. The number of phenolic OH excluding ortho intramolecular Hbond substituents is 1. The lowest BCUT2D eigenvalue weighted by Gasteiger charge is -2.18. The number of hydrogen-bond acceptors (Lipinski definition) is 10. The number of sulfonamides is 1. The number of rotatable bonds is 20. The molecule has 13 heteroatoms. The van der Waals surface area contributed by atoms with Crippen molar-refractivity contribution in [2.24, 2.45) is 10.2 Å². The molecule has 0 aliphatic rings. The minimum absolute atomic E-state index is 0.0600. The van der Waals surface area contributed by atoms with Crippen LogP contribution in [-0.4, -0.2) is 89.1 Å². The van der Waals surface area contributed by atoms with Crippen molar-refractivity contribution >= 4 is 47.8 Å². The number of carbonyl (C=O) groups excluding carboxylic acids is 1. The fourth-order valence-corrected chi connectivity index (χ4v) is 8.16. The molecule has 0 aromatic heterocycles. The summed E-state index contributed by atoms with van der Waals surface area (Å²) in [5.74, 6) is -0.639. The van der Waals surface area contributed by atoms with E-state index in [1.807, 2.05) is 19.9 Å². The molecule has 0 heterocycles. The Bertz CT molecular complexity index is 2010. The Morgan fingerprint density at radius 1 is 0.745 bits per heavy atom. The van der Waals surface area contributed by atoms with E-state index in [1.54, 1.807) is 36.4 Å². The van der Waals surface area contributed by atoms with Crippen molar-refractivity contribution in [3.05, 3.63) is 90.0 Å². The van der Waals surface area contributed by atoms with Gasteiger partial charge in [0.2, 0.25) is 10.0 Å². The molecule has 2 N–H and O–H groups in total. The van der Waals surface area contributed by atoms with E-state index in [0.29, 0.717) is 35.0 Å². The number of ketones is 1. The van der Waals surface area contributed by atoms with Crippen molar-refractivity contribution < 1.29 is 26.7 Å². The maximum absolute atomic E-state index is 13.5. The van der Waals surface area contributed by atoms with Crippen molar-refractivity contribution in [1.29, 1.82) is 0 Å². The number of sulfone groups is 1. The lowest BCUT2D eigenvalue weighted by atomic mass is 9.97. The first kappa shape index (κ1) is 39.8. The Kier molecular flexibility index (Phi) is 14.4. The summed E-state index contributed by atoms with van der Waals surface area (Å²) in [6.07, 6.45) is 1.31. The van der Waals surface area contributed by atoms with Crippen molar-refractivity contribution in [2.75, 3.05) is 51.6 Å². The number of unbranched alkanes of at least 4 members (excludes halogenated alkanes) is 1. The van der Waals surface area contributed by atoms with Crippen LogP contribution in [0.5, 0.6) is 5.75 Å². The van der Waals surface area contributed by atoms with Crippen LogP contribution in [0.1, 0.15) is 56.5 Å². The third-order valence-electron chi connectivity index (χ3n) is 9.00. The second-order valence-corrected chi connectivity index (χ2v) is 16.1. The van der Waals surface area contributed by atoms with Crippen molar-refractivity contribution in [3.63, 3.8) is 0 Å². The van der Waals surface area contributed by atoms with E-state index in [-0.39, 0.29) is 51.3 Å². The first-order chi connectivity index (χ1) is 24.4. The summed E-state index contributed by atoms with van der Waals surface area (Å²) in [5, 5.41) is 21.1. The highest BCUT2D eigenvalue weighted by Crippen LogP contribution is 2.40. The molecule has 4 aromatic carbocycles. The summed E-state index contributed by atoms with van der Waals surface area (Å²) < 4.78 is 54.0. The molecule has 274 valence electrons. The van der Waals surface area contributed by atoms with Gasteiger partial charge in [0.05, 0.1) is 26.8 Å². The minimum atomic E-state index is -3.71. The van der Waals surface area contributed by atoms with Crippen LogP contribution in [0.25, 0.3) is 10.8 Å². The number of carbonyl (C=O) groups is 1. The van der Waals surface area contributed by atoms with Gasteiger partial charge in [-0.15, -0.1) is 5.11 Å². The van der Waals surface area contributed by atoms with Gasteiger partial charge in [-0.2, -0.15) is 5.11 Å². The smallest absolute Gasteiger partial charge is 0.240 e. The van der Waals surface area contributed by atoms with Crippen LogP contribution < -0.4 is 4.72 Å². The summed E-state index contributed by atoms with van der Waals surface area (Å²) in [6.45, 7) is 13.5. The predicted octanol–water partition coefficient (Wildman–Crippen LogP) is 6.90. The number of aromatic hydroxyl groups is 1. The zero-order valence-corrected chi connectivity index (χ0v) is 31.5. The molecule has 0 fully saturated rings.